The highest BCUT2D eigenvalue weighted by molar-refractivity contribution is 6.30. The van der Waals surface area contributed by atoms with Gasteiger partial charge in [0.25, 0.3) is 0 Å². The van der Waals surface area contributed by atoms with Crippen molar-refractivity contribution in [1.29, 1.82) is 0 Å². The van der Waals surface area contributed by atoms with Gasteiger partial charge in [0.2, 0.25) is 0 Å². The van der Waals surface area contributed by atoms with E-state index >= 15 is 0 Å². The zero-order valence-corrected chi connectivity index (χ0v) is 19.4. The number of aliphatic hydroxyl groups excluding tert-OH is 1. The van der Waals surface area contributed by atoms with E-state index in [4.69, 9.17) is 21.1 Å². The van der Waals surface area contributed by atoms with E-state index in [9.17, 15) is 9.90 Å². The minimum Gasteiger partial charge on any atom is -0.487 e. The van der Waals surface area contributed by atoms with E-state index in [1.54, 1.807) is 6.07 Å². The fraction of sp³-hybridized carbons (Fsp3) is 0.500. The highest BCUT2D eigenvalue weighted by Gasteiger charge is 2.32. The maximum atomic E-state index is 12.2. The van der Waals surface area contributed by atoms with Gasteiger partial charge in [-0.3, -0.25) is 0 Å². The van der Waals surface area contributed by atoms with Crippen molar-refractivity contribution in [3.63, 3.8) is 0 Å². The van der Waals surface area contributed by atoms with Crippen molar-refractivity contribution in [2.75, 3.05) is 31.7 Å². The highest BCUT2D eigenvalue weighted by Crippen LogP contribution is 2.40. The molecule has 1 aliphatic heterocycles. The van der Waals surface area contributed by atoms with Crippen LogP contribution < -0.4 is 9.64 Å². The molecule has 0 amide bonds. The van der Waals surface area contributed by atoms with Gasteiger partial charge in [-0.25, -0.2) is 4.79 Å². The van der Waals surface area contributed by atoms with Crippen molar-refractivity contribution < 1.29 is 19.4 Å². The molecule has 6 heteroatoms. The van der Waals surface area contributed by atoms with Gasteiger partial charge in [0.1, 0.15) is 12.4 Å². The first-order valence-corrected chi connectivity index (χ1v) is 11.9. The second kappa shape index (κ2) is 10.6. The van der Waals surface area contributed by atoms with Crippen LogP contribution in [0, 0.1) is 11.8 Å². The molecule has 2 aromatic carbocycles. The van der Waals surface area contributed by atoms with Crippen LogP contribution in [-0.4, -0.2) is 37.9 Å². The first-order valence-electron chi connectivity index (χ1n) is 11.6. The number of rotatable bonds is 5. The molecule has 0 saturated heterocycles. The number of aryl methyl sites for hydroxylation is 1. The molecule has 1 fully saturated rings. The standard InChI is InChI=1S/C26H32ClNO4/c1-31-26(30)20-8-10-25-24(15-20)28(16-21-6-5-18(21)11-13-29)12-3-2-4-19-14-23(27)9-7-22(19)17-32-25/h7-10,14-15,18,21,29H,2-6,11-13,16-17H2,1H3/t18-,21-/m0/s1. The second-order valence-corrected chi connectivity index (χ2v) is 9.33. The zero-order chi connectivity index (χ0) is 22.5. The van der Waals surface area contributed by atoms with Crippen LogP contribution in [0.3, 0.4) is 0 Å². The molecule has 1 heterocycles. The number of aliphatic hydroxyl groups is 1. The normalized spacial score (nSPS) is 20.8. The van der Waals surface area contributed by atoms with Crippen LogP contribution in [-0.2, 0) is 17.8 Å². The molecule has 1 N–H and O–H groups in total. The third-order valence-corrected chi connectivity index (χ3v) is 7.16. The number of halogens is 1. The van der Waals surface area contributed by atoms with E-state index in [2.05, 4.69) is 4.90 Å². The average molecular weight is 458 g/mol. The lowest BCUT2D eigenvalue weighted by Crippen LogP contribution is -2.39. The maximum absolute atomic E-state index is 12.2. The van der Waals surface area contributed by atoms with Gasteiger partial charge in [0, 0.05) is 24.7 Å². The molecule has 172 valence electrons. The molecule has 1 saturated carbocycles. The minimum absolute atomic E-state index is 0.244. The lowest BCUT2D eigenvalue weighted by Gasteiger charge is -2.41. The summed E-state index contributed by atoms with van der Waals surface area (Å²) in [5.41, 5.74) is 3.86. The number of esters is 1. The van der Waals surface area contributed by atoms with Crippen molar-refractivity contribution in [3.05, 3.63) is 58.1 Å². The summed E-state index contributed by atoms with van der Waals surface area (Å²) in [6.07, 6.45) is 6.28. The molecular weight excluding hydrogens is 426 g/mol. The molecule has 32 heavy (non-hydrogen) atoms. The molecule has 0 radical (unpaired) electrons. The Bertz CT molecular complexity index is 947. The maximum Gasteiger partial charge on any atom is 0.337 e. The Morgan fingerprint density at radius 3 is 2.75 bits per heavy atom. The van der Waals surface area contributed by atoms with Crippen LogP contribution in [0.1, 0.15) is 53.6 Å². The Morgan fingerprint density at radius 2 is 2.00 bits per heavy atom. The van der Waals surface area contributed by atoms with Crippen molar-refractivity contribution in [2.45, 2.75) is 45.1 Å². The third-order valence-electron chi connectivity index (χ3n) is 6.93. The summed E-state index contributed by atoms with van der Waals surface area (Å²) in [4.78, 5) is 14.6. The number of ether oxygens (including phenoxy) is 2. The van der Waals surface area contributed by atoms with Crippen LogP contribution in [0.4, 0.5) is 5.69 Å². The molecule has 4 rings (SSSR count). The molecule has 0 spiro atoms. The first kappa shape index (κ1) is 22.9. The molecule has 2 atom stereocenters. The van der Waals surface area contributed by atoms with Gasteiger partial charge in [0.05, 0.1) is 18.4 Å². The van der Waals surface area contributed by atoms with E-state index in [1.165, 1.54) is 25.5 Å². The zero-order valence-electron chi connectivity index (χ0n) is 18.7. The summed E-state index contributed by atoms with van der Waals surface area (Å²) >= 11 is 6.25. The van der Waals surface area contributed by atoms with Gasteiger partial charge >= 0.3 is 5.97 Å². The Hall–Kier alpha value is -2.24. The Kier molecular flexibility index (Phi) is 7.59. The number of fused-ring (bicyclic) bond motifs is 2. The molecule has 2 aromatic rings. The fourth-order valence-corrected chi connectivity index (χ4v) is 5.09. The number of hydrogen-bond acceptors (Lipinski definition) is 5. The number of carbonyl (C=O) groups is 1. The van der Waals surface area contributed by atoms with E-state index in [0.29, 0.717) is 24.0 Å². The third kappa shape index (κ3) is 5.21. The second-order valence-electron chi connectivity index (χ2n) is 8.89. The minimum atomic E-state index is -0.344. The number of methoxy groups -OCH3 is 1. The van der Waals surface area contributed by atoms with Crippen LogP contribution in [0.25, 0.3) is 0 Å². The number of anilines is 1. The van der Waals surface area contributed by atoms with Gasteiger partial charge in [-0.1, -0.05) is 17.7 Å². The van der Waals surface area contributed by atoms with E-state index in [1.807, 2.05) is 30.3 Å². The molecule has 0 bridgehead atoms. The van der Waals surface area contributed by atoms with Gasteiger partial charge < -0.3 is 19.5 Å². The lowest BCUT2D eigenvalue weighted by atomic mass is 9.71. The van der Waals surface area contributed by atoms with Crippen LogP contribution in [0.2, 0.25) is 5.02 Å². The predicted molar refractivity (Wildman–Crippen MR) is 127 cm³/mol. The van der Waals surface area contributed by atoms with E-state index in [-0.39, 0.29) is 12.6 Å². The summed E-state index contributed by atoms with van der Waals surface area (Å²) in [6, 6.07) is 11.6. The predicted octanol–water partition coefficient (Wildman–Crippen LogP) is 5.26. The largest absolute Gasteiger partial charge is 0.487 e. The monoisotopic (exact) mass is 457 g/mol. The topological polar surface area (TPSA) is 59.0 Å². The van der Waals surface area contributed by atoms with Crippen molar-refractivity contribution in [1.82, 2.24) is 0 Å². The summed E-state index contributed by atoms with van der Waals surface area (Å²) in [7, 11) is 1.41. The summed E-state index contributed by atoms with van der Waals surface area (Å²) in [5, 5.41) is 10.2. The SMILES string of the molecule is COC(=O)c1ccc2c(c1)N(C[C@@H]1CC[C@H]1CCO)CCCCc1cc(Cl)ccc1CO2. The van der Waals surface area contributed by atoms with Gasteiger partial charge in [0.15, 0.2) is 0 Å². The summed E-state index contributed by atoms with van der Waals surface area (Å²) < 4.78 is 11.3. The molecular formula is C26H32ClNO4. The van der Waals surface area contributed by atoms with E-state index < -0.39 is 0 Å². The van der Waals surface area contributed by atoms with Crippen molar-refractivity contribution in [2.24, 2.45) is 11.8 Å². The van der Waals surface area contributed by atoms with Crippen molar-refractivity contribution >= 4 is 23.3 Å². The van der Waals surface area contributed by atoms with Gasteiger partial charge in [-0.05, 0) is 91.8 Å². The van der Waals surface area contributed by atoms with Gasteiger partial charge in [-0.2, -0.15) is 0 Å². The number of nitrogens with zero attached hydrogens (tertiary/aromatic N) is 1. The van der Waals surface area contributed by atoms with E-state index in [0.717, 1.165) is 60.8 Å². The Morgan fingerprint density at radius 1 is 1.16 bits per heavy atom. The smallest absolute Gasteiger partial charge is 0.337 e. The Labute approximate surface area is 195 Å². The van der Waals surface area contributed by atoms with Crippen molar-refractivity contribution in [3.8, 4) is 5.75 Å². The molecule has 5 nitrogen and oxygen atoms in total. The van der Waals surface area contributed by atoms with Crippen LogP contribution >= 0.6 is 11.6 Å². The highest BCUT2D eigenvalue weighted by atomic mass is 35.5. The number of carbonyl (C=O) groups excluding carboxylic acids is 1. The number of hydrogen-bond donors (Lipinski definition) is 1. The number of benzene rings is 2. The fourth-order valence-electron chi connectivity index (χ4n) is 4.89. The summed E-state index contributed by atoms with van der Waals surface area (Å²) in [5.74, 6) is 1.55. The van der Waals surface area contributed by atoms with Crippen LogP contribution in [0.15, 0.2) is 36.4 Å². The van der Waals surface area contributed by atoms with Gasteiger partial charge in [-0.15, -0.1) is 0 Å². The van der Waals surface area contributed by atoms with Crippen LogP contribution in [0.5, 0.6) is 5.75 Å². The molecule has 2 aliphatic rings. The lowest BCUT2D eigenvalue weighted by molar-refractivity contribution is 0.0600. The summed E-state index contributed by atoms with van der Waals surface area (Å²) in [6.45, 7) is 2.50. The molecule has 0 unspecified atom stereocenters. The Balaban J connectivity index is 1.65. The quantitative estimate of drug-likeness (QED) is 0.621. The average Bonchev–Trinajstić information content (AvgIpc) is 2.82. The molecule has 1 aliphatic carbocycles. The first-order chi connectivity index (χ1) is 15.6. The molecule has 0 aromatic heterocycles.